The molecule has 112 valence electrons. The normalized spacial score (nSPS) is 11.5. The van der Waals surface area contributed by atoms with Crippen LogP contribution in [-0.4, -0.2) is 19.5 Å². The summed E-state index contributed by atoms with van der Waals surface area (Å²) in [5.74, 6) is -2.45. The van der Waals surface area contributed by atoms with Crippen molar-refractivity contribution in [2.24, 2.45) is 0 Å². The summed E-state index contributed by atoms with van der Waals surface area (Å²) in [5.41, 5.74) is -0.323. The number of hydrogen-bond donors (Lipinski definition) is 2. The number of nitrogens with one attached hydrogen (secondary N) is 1. The van der Waals surface area contributed by atoms with Crippen LogP contribution in [0.15, 0.2) is 35.2 Å². The quantitative estimate of drug-likeness (QED) is 0.869. The molecule has 2 rings (SSSR count). The second-order valence-electron chi connectivity index (χ2n) is 3.98. The van der Waals surface area contributed by atoms with E-state index in [-0.39, 0.29) is 12.1 Å². The lowest BCUT2D eigenvalue weighted by atomic mass is 10.2. The van der Waals surface area contributed by atoms with Crippen LogP contribution in [-0.2, 0) is 16.6 Å². The highest BCUT2D eigenvalue weighted by Gasteiger charge is 2.20. The standard InChI is InChI=1S/C12H9ClFNO4S2/c13-11-4-2-8(20-11)6-15-21(18,19)10-3-1-7(12(16)17)5-9(10)14/h1-5,15H,6H2,(H,16,17). The van der Waals surface area contributed by atoms with Crippen molar-refractivity contribution in [3.05, 3.63) is 50.9 Å². The van der Waals surface area contributed by atoms with Crippen LogP contribution in [0.25, 0.3) is 0 Å². The molecular weight excluding hydrogens is 341 g/mol. The molecule has 0 spiro atoms. The Hall–Kier alpha value is -1.48. The second-order valence-corrected chi connectivity index (χ2v) is 7.52. The molecule has 5 nitrogen and oxygen atoms in total. The zero-order valence-corrected chi connectivity index (χ0v) is 12.7. The Balaban J connectivity index is 2.21. The molecule has 2 N–H and O–H groups in total. The fourth-order valence-electron chi connectivity index (χ4n) is 1.54. The molecule has 0 amide bonds. The van der Waals surface area contributed by atoms with Crippen molar-refractivity contribution in [1.82, 2.24) is 4.72 Å². The van der Waals surface area contributed by atoms with Gasteiger partial charge < -0.3 is 5.11 Å². The predicted octanol–water partition coefficient (Wildman–Crippen LogP) is 2.72. The molecule has 0 unspecified atom stereocenters. The monoisotopic (exact) mass is 349 g/mol. The lowest BCUT2D eigenvalue weighted by Crippen LogP contribution is -2.24. The van der Waals surface area contributed by atoms with Gasteiger partial charge in [0.1, 0.15) is 10.7 Å². The molecule has 0 radical (unpaired) electrons. The molecule has 0 aliphatic carbocycles. The van der Waals surface area contributed by atoms with Crippen LogP contribution in [0.3, 0.4) is 0 Å². The van der Waals surface area contributed by atoms with Crippen molar-refractivity contribution in [3.8, 4) is 0 Å². The minimum Gasteiger partial charge on any atom is -0.478 e. The van der Waals surface area contributed by atoms with Crippen molar-refractivity contribution in [1.29, 1.82) is 0 Å². The van der Waals surface area contributed by atoms with Gasteiger partial charge in [-0.15, -0.1) is 11.3 Å². The fraction of sp³-hybridized carbons (Fsp3) is 0.0833. The first kappa shape index (κ1) is 15.9. The van der Waals surface area contributed by atoms with Crippen molar-refractivity contribution >= 4 is 38.9 Å². The average molecular weight is 350 g/mol. The van der Waals surface area contributed by atoms with Crippen molar-refractivity contribution in [2.45, 2.75) is 11.4 Å². The van der Waals surface area contributed by atoms with Crippen LogP contribution >= 0.6 is 22.9 Å². The Bertz CT molecular complexity index is 788. The largest absolute Gasteiger partial charge is 0.478 e. The van der Waals surface area contributed by atoms with Gasteiger partial charge >= 0.3 is 5.97 Å². The Kier molecular flexibility index (Phi) is 4.62. The highest BCUT2D eigenvalue weighted by Crippen LogP contribution is 2.22. The van der Waals surface area contributed by atoms with Gasteiger partial charge in [-0.3, -0.25) is 0 Å². The van der Waals surface area contributed by atoms with Crippen LogP contribution in [0.2, 0.25) is 4.34 Å². The number of rotatable bonds is 5. The van der Waals surface area contributed by atoms with Gasteiger partial charge in [-0.05, 0) is 30.3 Å². The van der Waals surface area contributed by atoms with Gasteiger partial charge in [-0.1, -0.05) is 11.6 Å². The molecule has 0 atom stereocenters. The molecule has 0 saturated heterocycles. The predicted molar refractivity (Wildman–Crippen MR) is 76.7 cm³/mol. The maximum Gasteiger partial charge on any atom is 0.335 e. The average Bonchev–Trinajstić information content (AvgIpc) is 2.82. The molecule has 1 aromatic heterocycles. The highest BCUT2D eigenvalue weighted by molar-refractivity contribution is 7.89. The van der Waals surface area contributed by atoms with Crippen LogP contribution < -0.4 is 4.72 Å². The Morgan fingerprint density at radius 1 is 1.33 bits per heavy atom. The smallest absolute Gasteiger partial charge is 0.335 e. The van der Waals surface area contributed by atoms with E-state index in [0.29, 0.717) is 15.3 Å². The van der Waals surface area contributed by atoms with Crippen LogP contribution in [0, 0.1) is 5.82 Å². The SMILES string of the molecule is O=C(O)c1ccc(S(=O)(=O)NCc2ccc(Cl)s2)c(F)c1. The van der Waals surface area contributed by atoms with Gasteiger partial charge in [-0.25, -0.2) is 22.3 Å². The molecule has 21 heavy (non-hydrogen) atoms. The zero-order valence-electron chi connectivity index (χ0n) is 10.3. The third kappa shape index (κ3) is 3.79. The molecule has 2 aromatic rings. The van der Waals surface area contributed by atoms with E-state index in [1.807, 2.05) is 0 Å². The minimum atomic E-state index is -4.08. The van der Waals surface area contributed by atoms with E-state index in [1.165, 1.54) is 11.3 Å². The summed E-state index contributed by atoms with van der Waals surface area (Å²) in [6.45, 7) is -0.0279. The first-order valence-electron chi connectivity index (χ1n) is 5.56. The van der Waals surface area contributed by atoms with E-state index < -0.39 is 26.7 Å². The lowest BCUT2D eigenvalue weighted by molar-refractivity contribution is 0.0696. The number of aromatic carboxylic acids is 1. The molecule has 1 heterocycles. The second kappa shape index (κ2) is 6.10. The minimum absolute atomic E-state index is 0.0279. The molecule has 9 heteroatoms. The number of benzene rings is 1. The number of carboxylic acids is 1. The Labute approximate surface area is 129 Å². The first-order chi connectivity index (χ1) is 9.79. The molecule has 0 aliphatic heterocycles. The van der Waals surface area contributed by atoms with E-state index >= 15 is 0 Å². The summed E-state index contributed by atoms with van der Waals surface area (Å²) >= 11 is 6.93. The van der Waals surface area contributed by atoms with Gasteiger partial charge in [0.2, 0.25) is 10.0 Å². The van der Waals surface area contributed by atoms with Crippen molar-refractivity contribution < 1.29 is 22.7 Å². The molecule has 0 bridgehead atoms. The summed E-state index contributed by atoms with van der Waals surface area (Å²) in [6, 6.07) is 5.89. The molecule has 1 aromatic carbocycles. The topological polar surface area (TPSA) is 83.5 Å². The Morgan fingerprint density at radius 2 is 2.05 bits per heavy atom. The van der Waals surface area contributed by atoms with E-state index in [2.05, 4.69) is 4.72 Å². The number of carboxylic acid groups (broad SMARTS) is 1. The van der Waals surface area contributed by atoms with Crippen molar-refractivity contribution in [2.75, 3.05) is 0 Å². The Morgan fingerprint density at radius 3 is 2.57 bits per heavy atom. The van der Waals surface area contributed by atoms with E-state index in [9.17, 15) is 17.6 Å². The van der Waals surface area contributed by atoms with Gasteiger partial charge in [0, 0.05) is 11.4 Å². The van der Waals surface area contributed by atoms with Crippen molar-refractivity contribution in [3.63, 3.8) is 0 Å². The molecular formula is C12H9ClFNO4S2. The molecule has 0 fully saturated rings. The third-order valence-corrected chi connectivity index (χ3v) is 5.20. The van der Waals surface area contributed by atoms with E-state index in [4.69, 9.17) is 16.7 Å². The summed E-state index contributed by atoms with van der Waals surface area (Å²) in [6.07, 6.45) is 0. The number of sulfonamides is 1. The number of hydrogen-bond acceptors (Lipinski definition) is 4. The van der Waals surface area contributed by atoms with E-state index in [1.54, 1.807) is 12.1 Å². The summed E-state index contributed by atoms with van der Waals surface area (Å²) in [4.78, 5) is 10.8. The summed E-state index contributed by atoms with van der Waals surface area (Å²) < 4.78 is 40.5. The first-order valence-corrected chi connectivity index (χ1v) is 8.24. The van der Waals surface area contributed by atoms with Gasteiger partial charge in [-0.2, -0.15) is 0 Å². The maximum atomic E-state index is 13.7. The van der Waals surface area contributed by atoms with Crippen LogP contribution in [0.1, 0.15) is 15.2 Å². The summed E-state index contributed by atoms with van der Waals surface area (Å²) in [7, 11) is -4.08. The van der Waals surface area contributed by atoms with Crippen LogP contribution in [0.5, 0.6) is 0 Å². The number of halogens is 2. The van der Waals surface area contributed by atoms with Crippen LogP contribution in [0.4, 0.5) is 4.39 Å². The number of carbonyl (C=O) groups is 1. The van der Waals surface area contributed by atoms with Gasteiger partial charge in [0.15, 0.2) is 0 Å². The third-order valence-electron chi connectivity index (χ3n) is 2.53. The van der Waals surface area contributed by atoms with Gasteiger partial charge in [0.25, 0.3) is 0 Å². The number of thiophene rings is 1. The highest BCUT2D eigenvalue weighted by atomic mass is 35.5. The molecule has 0 aliphatic rings. The molecule has 0 saturated carbocycles. The van der Waals surface area contributed by atoms with Gasteiger partial charge in [0.05, 0.1) is 9.90 Å². The summed E-state index contributed by atoms with van der Waals surface area (Å²) in [5, 5.41) is 8.71. The van der Waals surface area contributed by atoms with E-state index in [0.717, 1.165) is 12.1 Å². The fourth-order valence-corrected chi connectivity index (χ4v) is 3.72. The lowest BCUT2D eigenvalue weighted by Gasteiger charge is -2.07. The maximum absolute atomic E-state index is 13.7. The zero-order chi connectivity index (χ0) is 15.6.